The van der Waals surface area contributed by atoms with Gasteiger partial charge in [-0.3, -0.25) is 4.79 Å². The number of nitrogens with one attached hydrogen (secondary N) is 2. The van der Waals surface area contributed by atoms with Gasteiger partial charge in [0.05, 0.1) is 13.5 Å². The van der Waals surface area contributed by atoms with E-state index in [1.165, 1.54) is 20.9 Å². The van der Waals surface area contributed by atoms with Gasteiger partial charge in [0.2, 0.25) is 5.91 Å². The summed E-state index contributed by atoms with van der Waals surface area (Å²) < 4.78 is 0. The van der Waals surface area contributed by atoms with Crippen molar-refractivity contribution in [2.24, 2.45) is 0 Å². The summed E-state index contributed by atoms with van der Waals surface area (Å²) in [6.07, 6.45) is 2.40. The fourth-order valence-corrected chi connectivity index (χ4v) is 4.16. The topological polar surface area (TPSA) is 46.4 Å². The highest BCUT2D eigenvalue weighted by Crippen LogP contribution is 2.15. The fourth-order valence-electron chi connectivity index (χ4n) is 2.95. The first kappa shape index (κ1) is 20.6. The summed E-state index contributed by atoms with van der Waals surface area (Å²) in [5.74, 6) is -0.0284. The van der Waals surface area contributed by atoms with Crippen LogP contribution in [0.4, 0.5) is 5.69 Å². The van der Waals surface area contributed by atoms with E-state index in [0.717, 1.165) is 29.5 Å². The number of aryl methyl sites for hydroxylation is 1. The van der Waals surface area contributed by atoms with Gasteiger partial charge in [0.1, 0.15) is 23.8 Å². The Morgan fingerprint density at radius 2 is 1.82 bits per heavy atom. The molecule has 1 aromatic heterocycles. The van der Waals surface area contributed by atoms with Crippen molar-refractivity contribution in [3.05, 3.63) is 75.7 Å². The SMILES string of the molecule is CSc1ccc(C[NH+](C)Cc2csc(CC(=O)Nc3ccc(C)cc3)n2)cc1. The van der Waals surface area contributed by atoms with Crippen LogP contribution >= 0.6 is 23.1 Å². The summed E-state index contributed by atoms with van der Waals surface area (Å²) in [7, 11) is 2.17. The van der Waals surface area contributed by atoms with Crippen LogP contribution in [0.5, 0.6) is 0 Å². The number of quaternary nitrogens is 1. The molecule has 0 spiro atoms. The molecule has 0 fully saturated rings. The zero-order valence-corrected chi connectivity index (χ0v) is 18.1. The zero-order chi connectivity index (χ0) is 19.9. The highest BCUT2D eigenvalue weighted by Gasteiger charge is 2.12. The molecule has 146 valence electrons. The van der Waals surface area contributed by atoms with E-state index in [4.69, 9.17) is 0 Å². The number of thiazole rings is 1. The Hall–Kier alpha value is -2.15. The Bertz CT molecular complexity index is 904. The van der Waals surface area contributed by atoms with Gasteiger partial charge in [-0.25, -0.2) is 4.98 Å². The summed E-state index contributed by atoms with van der Waals surface area (Å²) in [4.78, 5) is 19.5. The highest BCUT2D eigenvalue weighted by atomic mass is 32.2. The standard InChI is InChI=1S/C22H25N3OS2/c1-16-4-8-18(9-5-16)23-21(26)12-22-24-19(15-28-22)14-25(2)13-17-6-10-20(27-3)11-7-17/h4-11,15H,12-14H2,1-3H3,(H,23,26)/p+1. The van der Waals surface area contributed by atoms with Crippen LogP contribution in [0.1, 0.15) is 21.8 Å². The summed E-state index contributed by atoms with van der Waals surface area (Å²) in [5.41, 5.74) is 4.36. The number of hydrogen-bond acceptors (Lipinski definition) is 4. The lowest BCUT2D eigenvalue weighted by Crippen LogP contribution is -3.06. The maximum atomic E-state index is 12.2. The number of nitrogens with zero attached hydrogens (tertiary/aromatic N) is 1. The van der Waals surface area contributed by atoms with Gasteiger partial charge in [0.25, 0.3) is 0 Å². The molecule has 1 atom stereocenters. The molecule has 1 heterocycles. The number of aromatic nitrogens is 1. The fraction of sp³-hybridized carbons (Fsp3) is 0.273. The highest BCUT2D eigenvalue weighted by molar-refractivity contribution is 7.98. The molecule has 1 amide bonds. The Labute approximate surface area is 175 Å². The third-order valence-corrected chi connectivity index (χ3v) is 6.04. The number of thioether (sulfide) groups is 1. The molecule has 0 aliphatic rings. The molecule has 0 radical (unpaired) electrons. The van der Waals surface area contributed by atoms with Crippen LogP contribution in [0.25, 0.3) is 0 Å². The van der Waals surface area contributed by atoms with Crippen LogP contribution in [-0.4, -0.2) is 24.2 Å². The monoisotopic (exact) mass is 412 g/mol. The first-order valence-corrected chi connectivity index (χ1v) is 11.4. The van der Waals surface area contributed by atoms with Gasteiger partial charge in [-0.1, -0.05) is 29.8 Å². The van der Waals surface area contributed by atoms with E-state index in [2.05, 4.69) is 53.2 Å². The van der Waals surface area contributed by atoms with E-state index in [9.17, 15) is 4.79 Å². The Morgan fingerprint density at radius 1 is 1.11 bits per heavy atom. The van der Waals surface area contributed by atoms with Crippen LogP contribution in [0.15, 0.2) is 58.8 Å². The number of hydrogen-bond donors (Lipinski definition) is 2. The van der Waals surface area contributed by atoms with Crippen LogP contribution in [0.3, 0.4) is 0 Å². The number of carbonyl (C=O) groups is 1. The lowest BCUT2D eigenvalue weighted by Gasteiger charge is -2.13. The van der Waals surface area contributed by atoms with Crippen LogP contribution in [0.2, 0.25) is 0 Å². The van der Waals surface area contributed by atoms with E-state index < -0.39 is 0 Å². The Kier molecular flexibility index (Phi) is 7.25. The number of rotatable bonds is 8. The summed E-state index contributed by atoms with van der Waals surface area (Å²) >= 11 is 3.32. The molecule has 3 rings (SSSR count). The van der Waals surface area contributed by atoms with Gasteiger partial charge in [-0.2, -0.15) is 0 Å². The first-order chi connectivity index (χ1) is 13.5. The number of anilines is 1. The minimum atomic E-state index is -0.0284. The summed E-state index contributed by atoms with van der Waals surface area (Å²) in [5, 5.41) is 5.85. The summed E-state index contributed by atoms with van der Waals surface area (Å²) in [6.45, 7) is 3.83. The Balaban J connectivity index is 1.50. The molecule has 28 heavy (non-hydrogen) atoms. The molecule has 0 bridgehead atoms. The van der Waals surface area contributed by atoms with Gasteiger partial charge in [-0.15, -0.1) is 23.1 Å². The minimum absolute atomic E-state index is 0.0284. The van der Waals surface area contributed by atoms with Crippen LogP contribution < -0.4 is 10.2 Å². The average molecular weight is 413 g/mol. The van der Waals surface area contributed by atoms with Gasteiger partial charge in [0.15, 0.2) is 0 Å². The zero-order valence-electron chi connectivity index (χ0n) is 16.5. The maximum absolute atomic E-state index is 12.2. The second kappa shape index (κ2) is 9.87. The molecule has 0 aliphatic heterocycles. The number of amides is 1. The third kappa shape index (κ3) is 6.19. The van der Waals surface area contributed by atoms with Crippen molar-refractivity contribution in [1.82, 2.24) is 4.98 Å². The molecule has 1 unspecified atom stereocenters. The Morgan fingerprint density at radius 3 is 2.50 bits per heavy atom. The smallest absolute Gasteiger partial charge is 0.231 e. The number of benzene rings is 2. The van der Waals surface area contributed by atoms with Crippen molar-refractivity contribution >= 4 is 34.7 Å². The lowest BCUT2D eigenvalue weighted by molar-refractivity contribution is -0.908. The van der Waals surface area contributed by atoms with Crippen molar-refractivity contribution in [3.63, 3.8) is 0 Å². The second-order valence-electron chi connectivity index (χ2n) is 6.98. The van der Waals surface area contributed by atoms with E-state index in [1.54, 1.807) is 23.1 Å². The molecule has 0 saturated carbocycles. The maximum Gasteiger partial charge on any atom is 0.231 e. The molecule has 2 N–H and O–H groups in total. The van der Waals surface area contributed by atoms with E-state index in [0.29, 0.717) is 6.42 Å². The normalized spacial score (nSPS) is 12.0. The minimum Gasteiger partial charge on any atom is -0.329 e. The third-order valence-electron chi connectivity index (χ3n) is 4.39. The molecule has 6 heteroatoms. The van der Waals surface area contributed by atoms with Crippen LogP contribution in [0, 0.1) is 6.92 Å². The van der Waals surface area contributed by atoms with Gasteiger partial charge in [-0.05, 0) is 37.4 Å². The number of carbonyl (C=O) groups excluding carboxylic acids is 1. The largest absolute Gasteiger partial charge is 0.329 e. The molecular weight excluding hydrogens is 386 g/mol. The van der Waals surface area contributed by atoms with Crippen molar-refractivity contribution in [2.75, 3.05) is 18.6 Å². The predicted molar refractivity (Wildman–Crippen MR) is 118 cm³/mol. The molecule has 3 aromatic rings. The second-order valence-corrected chi connectivity index (χ2v) is 8.80. The molecule has 0 aliphatic carbocycles. The van der Waals surface area contributed by atoms with Crippen molar-refractivity contribution in [1.29, 1.82) is 0 Å². The first-order valence-electron chi connectivity index (χ1n) is 9.26. The van der Waals surface area contributed by atoms with Crippen molar-refractivity contribution in [3.8, 4) is 0 Å². The molecule has 0 saturated heterocycles. The van der Waals surface area contributed by atoms with Crippen LogP contribution in [-0.2, 0) is 24.3 Å². The lowest BCUT2D eigenvalue weighted by atomic mass is 10.2. The van der Waals surface area contributed by atoms with Gasteiger partial charge in [0, 0.05) is 21.5 Å². The summed E-state index contributed by atoms with van der Waals surface area (Å²) in [6, 6.07) is 16.5. The van der Waals surface area contributed by atoms with E-state index in [-0.39, 0.29) is 5.91 Å². The van der Waals surface area contributed by atoms with E-state index >= 15 is 0 Å². The van der Waals surface area contributed by atoms with E-state index in [1.807, 2.05) is 31.2 Å². The van der Waals surface area contributed by atoms with Crippen molar-refractivity contribution < 1.29 is 9.69 Å². The van der Waals surface area contributed by atoms with Gasteiger partial charge >= 0.3 is 0 Å². The molecular formula is C22H26N3OS2+. The average Bonchev–Trinajstić information content (AvgIpc) is 3.10. The van der Waals surface area contributed by atoms with Crippen molar-refractivity contribution in [2.45, 2.75) is 31.3 Å². The molecule has 2 aromatic carbocycles. The molecule has 4 nitrogen and oxygen atoms in total. The van der Waals surface area contributed by atoms with Gasteiger partial charge < -0.3 is 10.2 Å². The quantitative estimate of drug-likeness (QED) is 0.556. The predicted octanol–water partition coefficient (Wildman–Crippen LogP) is 3.57.